The van der Waals surface area contributed by atoms with Crippen LogP contribution in [0.5, 0.6) is 0 Å². The first-order valence-electron chi connectivity index (χ1n) is 5.93. The van der Waals surface area contributed by atoms with E-state index in [-0.39, 0.29) is 11.9 Å². The zero-order valence-corrected chi connectivity index (χ0v) is 10.6. The van der Waals surface area contributed by atoms with Crippen molar-refractivity contribution in [2.45, 2.75) is 13.3 Å². The van der Waals surface area contributed by atoms with Crippen molar-refractivity contribution in [1.82, 2.24) is 20.3 Å². The number of aryl methyl sites for hydroxylation is 1. The second kappa shape index (κ2) is 5.90. The number of carbonyl (C=O) groups excluding carboxylic acids is 1. The predicted octanol–water partition coefficient (Wildman–Crippen LogP) is 0.735. The van der Waals surface area contributed by atoms with E-state index >= 15 is 0 Å². The molecule has 0 spiro atoms. The maximum atomic E-state index is 11.9. The van der Waals surface area contributed by atoms with E-state index in [0.717, 1.165) is 12.0 Å². The Morgan fingerprint density at radius 1 is 1.32 bits per heavy atom. The summed E-state index contributed by atoms with van der Waals surface area (Å²) < 4.78 is 0. The van der Waals surface area contributed by atoms with Gasteiger partial charge in [-0.2, -0.15) is 0 Å². The quantitative estimate of drug-likeness (QED) is 0.842. The van der Waals surface area contributed by atoms with E-state index in [2.05, 4.69) is 20.3 Å². The molecule has 2 aromatic heterocycles. The first kappa shape index (κ1) is 12.9. The summed E-state index contributed by atoms with van der Waals surface area (Å²) in [6.45, 7) is 2.30. The molecule has 0 bridgehead atoms. The zero-order chi connectivity index (χ0) is 13.7. The van der Waals surface area contributed by atoms with Gasteiger partial charge in [0.15, 0.2) is 0 Å². The number of anilines is 1. The third-order valence-electron chi connectivity index (χ3n) is 2.55. The molecular formula is C13H15N5O. The lowest BCUT2D eigenvalue weighted by molar-refractivity contribution is 0.0949. The summed E-state index contributed by atoms with van der Waals surface area (Å²) in [5, 5.41) is 2.80. The molecule has 98 valence electrons. The Morgan fingerprint density at radius 3 is 2.74 bits per heavy atom. The van der Waals surface area contributed by atoms with Gasteiger partial charge in [-0.25, -0.2) is 9.97 Å². The summed E-state index contributed by atoms with van der Waals surface area (Å²) in [5.74, 6) is -0.134. The molecule has 0 saturated carbocycles. The van der Waals surface area contributed by atoms with Crippen molar-refractivity contribution < 1.29 is 4.79 Å². The molecule has 6 heteroatoms. The Bertz CT molecular complexity index is 550. The molecule has 3 N–H and O–H groups in total. The van der Waals surface area contributed by atoms with E-state index in [1.807, 2.05) is 12.1 Å². The van der Waals surface area contributed by atoms with Crippen molar-refractivity contribution in [3.8, 4) is 0 Å². The fraction of sp³-hybridized carbons (Fsp3) is 0.231. The minimum absolute atomic E-state index is 0.110. The highest BCUT2D eigenvalue weighted by Crippen LogP contribution is 2.02. The smallest absolute Gasteiger partial charge is 0.270 e. The Balaban J connectivity index is 1.91. The molecule has 0 aromatic carbocycles. The molecule has 2 rings (SSSR count). The van der Waals surface area contributed by atoms with Crippen molar-refractivity contribution in [1.29, 1.82) is 0 Å². The molecule has 0 aliphatic rings. The molecule has 0 radical (unpaired) electrons. The fourth-order valence-electron chi connectivity index (χ4n) is 1.67. The number of nitrogens with zero attached hydrogens (tertiary/aromatic N) is 3. The van der Waals surface area contributed by atoms with Crippen molar-refractivity contribution in [3.05, 3.63) is 47.5 Å². The Hall–Kier alpha value is -2.50. The topological polar surface area (TPSA) is 93.8 Å². The maximum Gasteiger partial charge on any atom is 0.270 e. The number of amides is 1. The SMILES string of the molecule is Cc1cc(C(=O)NCCc2ccncc2)nc(N)n1. The van der Waals surface area contributed by atoms with Crippen LogP contribution in [-0.2, 0) is 6.42 Å². The van der Waals surface area contributed by atoms with Gasteiger partial charge in [-0.3, -0.25) is 9.78 Å². The first-order chi connectivity index (χ1) is 9.15. The van der Waals surface area contributed by atoms with Gasteiger partial charge in [-0.15, -0.1) is 0 Å². The van der Waals surface area contributed by atoms with Gasteiger partial charge < -0.3 is 11.1 Å². The average molecular weight is 257 g/mol. The lowest BCUT2D eigenvalue weighted by Gasteiger charge is -2.05. The standard InChI is InChI=1S/C13H15N5O/c1-9-8-11(18-13(14)17-9)12(19)16-7-4-10-2-5-15-6-3-10/h2-3,5-6,8H,4,7H2,1H3,(H,16,19)(H2,14,17,18). The van der Waals surface area contributed by atoms with Crippen LogP contribution in [0.4, 0.5) is 5.95 Å². The van der Waals surface area contributed by atoms with Crippen LogP contribution in [0.1, 0.15) is 21.7 Å². The second-order valence-corrected chi connectivity index (χ2v) is 4.11. The number of nitrogens with two attached hydrogens (primary N) is 1. The monoisotopic (exact) mass is 257 g/mol. The highest BCUT2D eigenvalue weighted by molar-refractivity contribution is 5.92. The number of pyridine rings is 1. The van der Waals surface area contributed by atoms with Crippen LogP contribution in [0, 0.1) is 6.92 Å². The van der Waals surface area contributed by atoms with Gasteiger partial charge in [0.25, 0.3) is 5.91 Å². The zero-order valence-electron chi connectivity index (χ0n) is 10.6. The van der Waals surface area contributed by atoms with Gasteiger partial charge in [0.2, 0.25) is 5.95 Å². The summed E-state index contributed by atoms with van der Waals surface area (Å²) in [7, 11) is 0. The van der Waals surface area contributed by atoms with Gasteiger partial charge in [0, 0.05) is 24.6 Å². The molecule has 0 aliphatic heterocycles. The summed E-state index contributed by atoms with van der Waals surface area (Å²) in [5.41, 5.74) is 7.59. The molecule has 19 heavy (non-hydrogen) atoms. The van der Waals surface area contributed by atoms with Crippen LogP contribution in [0.2, 0.25) is 0 Å². The lowest BCUT2D eigenvalue weighted by Crippen LogP contribution is -2.27. The largest absolute Gasteiger partial charge is 0.368 e. The highest BCUT2D eigenvalue weighted by atomic mass is 16.1. The predicted molar refractivity (Wildman–Crippen MR) is 71.5 cm³/mol. The van der Waals surface area contributed by atoms with Crippen molar-refractivity contribution in [2.24, 2.45) is 0 Å². The average Bonchev–Trinajstić information content (AvgIpc) is 2.38. The van der Waals surface area contributed by atoms with Crippen LogP contribution in [0.3, 0.4) is 0 Å². The van der Waals surface area contributed by atoms with Crippen LogP contribution >= 0.6 is 0 Å². The summed E-state index contributed by atoms with van der Waals surface area (Å²) in [6.07, 6.45) is 4.20. The molecule has 0 unspecified atom stereocenters. The summed E-state index contributed by atoms with van der Waals surface area (Å²) >= 11 is 0. The van der Waals surface area contributed by atoms with Crippen molar-refractivity contribution in [3.63, 3.8) is 0 Å². The van der Waals surface area contributed by atoms with E-state index in [0.29, 0.717) is 17.9 Å². The number of carbonyl (C=O) groups is 1. The second-order valence-electron chi connectivity index (χ2n) is 4.11. The van der Waals surface area contributed by atoms with Crippen LogP contribution in [0.15, 0.2) is 30.6 Å². The van der Waals surface area contributed by atoms with Gasteiger partial charge in [-0.05, 0) is 37.1 Å². The van der Waals surface area contributed by atoms with Crippen LogP contribution < -0.4 is 11.1 Å². The van der Waals surface area contributed by atoms with Crippen LogP contribution in [-0.4, -0.2) is 27.4 Å². The van der Waals surface area contributed by atoms with E-state index < -0.39 is 0 Å². The molecule has 0 aliphatic carbocycles. The van der Waals surface area contributed by atoms with E-state index in [4.69, 9.17) is 5.73 Å². The molecule has 0 fully saturated rings. The third kappa shape index (κ3) is 3.74. The summed E-state index contributed by atoms with van der Waals surface area (Å²) in [4.78, 5) is 23.6. The Labute approximate surface area is 111 Å². The molecule has 0 atom stereocenters. The number of hydrogen-bond acceptors (Lipinski definition) is 5. The molecule has 2 heterocycles. The minimum atomic E-state index is -0.244. The van der Waals surface area contributed by atoms with Crippen molar-refractivity contribution >= 4 is 11.9 Å². The number of rotatable bonds is 4. The third-order valence-corrected chi connectivity index (χ3v) is 2.55. The summed E-state index contributed by atoms with van der Waals surface area (Å²) in [6, 6.07) is 5.44. The number of nitrogens with one attached hydrogen (secondary N) is 1. The first-order valence-corrected chi connectivity index (χ1v) is 5.93. The molecule has 0 saturated heterocycles. The Morgan fingerprint density at radius 2 is 2.05 bits per heavy atom. The maximum absolute atomic E-state index is 11.9. The van der Waals surface area contributed by atoms with Gasteiger partial charge >= 0.3 is 0 Å². The van der Waals surface area contributed by atoms with E-state index in [1.54, 1.807) is 25.4 Å². The highest BCUT2D eigenvalue weighted by Gasteiger charge is 2.08. The number of nitrogen functional groups attached to an aromatic ring is 1. The van der Waals surface area contributed by atoms with E-state index in [9.17, 15) is 4.79 Å². The van der Waals surface area contributed by atoms with Gasteiger partial charge in [0.05, 0.1) is 0 Å². The van der Waals surface area contributed by atoms with Gasteiger partial charge in [0.1, 0.15) is 5.69 Å². The number of aromatic nitrogens is 3. The molecule has 6 nitrogen and oxygen atoms in total. The van der Waals surface area contributed by atoms with Crippen LogP contribution in [0.25, 0.3) is 0 Å². The molecule has 2 aromatic rings. The number of hydrogen-bond donors (Lipinski definition) is 2. The van der Waals surface area contributed by atoms with Crippen molar-refractivity contribution in [2.75, 3.05) is 12.3 Å². The normalized spacial score (nSPS) is 10.2. The molecular weight excluding hydrogens is 242 g/mol. The van der Waals surface area contributed by atoms with E-state index in [1.165, 1.54) is 0 Å². The fourth-order valence-corrected chi connectivity index (χ4v) is 1.67. The lowest BCUT2D eigenvalue weighted by atomic mass is 10.2. The minimum Gasteiger partial charge on any atom is -0.368 e. The van der Waals surface area contributed by atoms with Gasteiger partial charge in [-0.1, -0.05) is 0 Å². The Kier molecular flexibility index (Phi) is 4.02. The molecule has 1 amide bonds.